The number of rotatable bonds is 1. The van der Waals surface area contributed by atoms with Crippen molar-refractivity contribution in [2.24, 2.45) is 0 Å². The Morgan fingerprint density at radius 3 is 3.00 bits per heavy atom. The third kappa shape index (κ3) is 1.99. The van der Waals surface area contributed by atoms with Gasteiger partial charge in [0, 0.05) is 19.3 Å². The van der Waals surface area contributed by atoms with Crippen molar-refractivity contribution in [2.75, 3.05) is 18.8 Å². The minimum absolute atomic E-state index is 0.141. The second kappa shape index (κ2) is 3.75. The fraction of sp³-hybridized carbons (Fsp3) is 0.455. The van der Waals surface area contributed by atoms with Crippen LogP contribution in [0.3, 0.4) is 0 Å². The number of nitrogens with two attached hydrogens (primary N) is 1. The van der Waals surface area contributed by atoms with Gasteiger partial charge in [-0.25, -0.2) is 0 Å². The largest absolute Gasteiger partial charge is 0.397 e. The number of nitrogen functional groups attached to an aromatic ring is 1. The first-order chi connectivity index (χ1) is 7.49. The lowest BCUT2D eigenvalue weighted by atomic mass is 10.1. The van der Waals surface area contributed by atoms with E-state index in [9.17, 15) is 9.90 Å². The smallest absolute Gasteiger partial charge is 0.256 e. The molecular weight excluding hydrogens is 206 g/mol. The maximum Gasteiger partial charge on any atom is 0.256 e. The van der Waals surface area contributed by atoms with E-state index >= 15 is 0 Å². The molecule has 0 saturated carbocycles. The summed E-state index contributed by atoms with van der Waals surface area (Å²) in [7, 11) is 0. The molecule has 1 aromatic heterocycles. The first-order valence-electron chi connectivity index (χ1n) is 5.21. The van der Waals surface area contributed by atoms with Crippen LogP contribution in [0.5, 0.6) is 0 Å². The molecule has 5 nitrogen and oxygen atoms in total. The van der Waals surface area contributed by atoms with Gasteiger partial charge >= 0.3 is 0 Å². The molecule has 1 unspecified atom stereocenters. The van der Waals surface area contributed by atoms with Crippen LogP contribution in [0.4, 0.5) is 5.69 Å². The SMILES string of the molecule is CC1(O)CCN(C(=O)c2ccncc2N)C1. The number of hydrogen-bond donors (Lipinski definition) is 2. The molecule has 0 bridgehead atoms. The third-order valence-electron chi connectivity index (χ3n) is 2.82. The number of anilines is 1. The third-order valence-corrected chi connectivity index (χ3v) is 2.82. The predicted octanol–water partition coefficient (Wildman–Crippen LogP) is 0.261. The Morgan fingerprint density at radius 1 is 1.69 bits per heavy atom. The summed E-state index contributed by atoms with van der Waals surface area (Å²) < 4.78 is 0. The lowest BCUT2D eigenvalue weighted by Gasteiger charge is -2.19. The molecular formula is C11H15N3O2. The van der Waals surface area contributed by atoms with Gasteiger partial charge in [0.2, 0.25) is 0 Å². The number of amides is 1. The molecule has 1 amide bonds. The molecule has 2 heterocycles. The summed E-state index contributed by atoms with van der Waals surface area (Å²) >= 11 is 0. The highest BCUT2D eigenvalue weighted by Crippen LogP contribution is 2.23. The molecule has 2 rings (SSSR count). The van der Waals surface area contributed by atoms with Crippen LogP contribution in [0, 0.1) is 0 Å². The number of likely N-dealkylation sites (tertiary alicyclic amines) is 1. The van der Waals surface area contributed by atoms with E-state index in [2.05, 4.69) is 4.98 Å². The number of aromatic nitrogens is 1. The van der Waals surface area contributed by atoms with Crippen molar-refractivity contribution < 1.29 is 9.90 Å². The zero-order valence-electron chi connectivity index (χ0n) is 9.18. The summed E-state index contributed by atoms with van der Waals surface area (Å²) in [4.78, 5) is 17.5. The zero-order valence-corrected chi connectivity index (χ0v) is 9.18. The summed E-state index contributed by atoms with van der Waals surface area (Å²) in [6, 6.07) is 1.60. The van der Waals surface area contributed by atoms with Crippen molar-refractivity contribution >= 4 is 11.6 Å². The number of nitrogens with zero attached hydrogens (tertiary/aromatic N) is 2. The van der Waals surface area contributed by atoms with Crippen molar-refractivity contribution in [2.45, 2.75) is 18.9 Å². The van der Waals surface area contributed by atoms with Gasteiger partial charge in [0.15, 0.2) is 0 Å². The van der Waals surface area contributed by atoms with E-state index in [0.717, 1.165) is 0 Å². The van der Waals surface area contributed by atoms with Crippen LogP contribution < -0.4 is 5.73 Å². The first kappa shape index (κ1) is 10.9. The van der Waals surface area contributed by atoms with Crippen molar-refractivity contribution in [3.63, 3.8) is 0 Å². The average Bonchev–Trinajstić information content (AvgIpc) is 2.59. The highest BCUT2D eigenvalue weighted by atomic mass is 16.3. The summed E-state index contributed by atoms with van der Waals surface area (Å²) in [5.41, 5.74) is 5.73. The zero-order chi connectivity index (χ0) is 11.8. The summed E-state index contributed by atoms with van der Waals surface area (Å²) in [5, 5.41) is 9.79. The second-order valence-electron chi connectivity index (χ2n) is 4.44. The Labute approximate surface area is 93.9 Å². The molecule has 1 aromatic rings. The summed E-state index contributed by atoms with van der Waals surface area (Å²) in [6.45, 7) is 2.65. The van der Waals surface area contributed by atoms with E-state index in [1.165, 1.54) is 12.4 Å². The van der Waals surface area contributed by atoms with Crippen molar-refractivity contribution in [1.82, 2.24) is 9.88 Å². The van der Waals surface area contributed by atoms with E-state index < -0.39 is 5.60 Å². The molecule has 3 N–H and O–H groups in total. The normalized spacial score (nSPS) is 24.8. The standard InChI is InChI=1S/C11H15N3O2/c1-11(16)3-5-14(7-11)10(15)8-2-4-13-6-9(8)12/h2,4,6,16H,3,5,7,12H2,1H3. The monoisotopic (exact) mass is 221 g/mol. The molecule has 0 spiro atoms. The predicted molar refractivity (Wildman–Crippen MR) is 59.8 cm³/mol. The molecule has 1 fully saturated rings. The molecule has 0 radical (unpaired) electrons. The van der Waals surface area contributed by atoms with Gasteiger partial charge in [0.1, 0.15) is 0 Å². The van der Waals surface area contributed by atoms with Gasteiger partial charge in [-0.2, -0.15) is 0 Å². The Bertz CT molecular complexity index is 417. The molecule has 5 heteroatoms. The Balaban J connectivity index is 2.18. The van der Waals surface area contributed by atoms with Crippen LogP contribution in [0.1, 0.15) is 23.7 Å². The van der Waals surface area contributed by atoms with Gasteiger partial charge in [0.25, 0.3) is 5.91 Å². The molecule has 1 saturated heterocycles. The highest BCUT2D eigenvalue weighted by molar-refractivity contribution is 5.99. The minimum Gasteiger partial charge on any atom is -0.397 e. The van der Waals surface area contributed by atoms with Crippen LogP contribution in [-0.4, -0.2) is 39.6 Å². The molecule has 0 aromatic carbocycles. The Hall–Kier alpha value is -1.62. The van der Waals surface area contributed by atoms with Crippen LogP contribution in [0.2, 0.25) is 0 Å². The van der Waals surface area contributed by atoms with Gasteiger partial charge in [-0.05, 0) is 19.4 Å². The summed E-state index contributed by atoms with van der Waals surface area (Å²) in [5.74, 6) is -0.141. The quantitative estimate of drug-likeness (QED) is 0.713. The van der Waals surface area contributed by atoms with E-state index in [4.69, 9.17) is 5.73 Å². The number of pyridine rings is 1. The number of β-amino-alcohol motifs (C(OH)–C–C–N with tert-alkyl or cyclic N) is 1. The average molecular weight is 221 g/mol. The Morgan fingerprint density at radius 2 is 2.44 bits per heavy atom. The van der Waals surface area contributed by atoms with Crippen molar-refractivity contribution in [3.8, 4) is 0 Å². The number of aliphatic hydroxyl groups is 1. The number of carbonyl (C=O) groups excluding carboxylic acids is 1. The van der Waals surface area contributed by atoms with Crippen molar-refractivity contribution in [1.29, 1.82) is 0 Å². The number of carbonyl (C=O) groups is 1. The topological polar surface area (TPSA) is 79.5 Å². The van der Waals surface area contributed by atoms with Crippen LogP contribution >= 0.6 is 0 Å². The molecule has 1 aliphatic heterocycles. The van der Waals surface area contributed by atoms with Gasteiger partial charge in [-0.1, -0.05) is 0 Å². The van der Waals surface area contributed by atoms with E-state index in [0.29, 0.717) is 30.8 Å². The lowest BCUT2D eigenvalue weighted by Crippen LogP contribution is -2.34. The maximum atomic E-state index is 12.1. The van der Waals surface area contributed by atoms with Gasteiger partial charge in [0.05, 0.1) is 23.0 Å². The molecule has 0 aliphatic carbocycles. The van der Waals surface area contributed by atoms with Gasteiger partial charge < -0.3 is 15.7 Å². The molecule has 16 heavy (non-hydrogen) atoms. The van der Waals surface area contributed by atoms with E-state index in [-0.39, 0.29) is 5.91 Å². The van der Waals surface area contributed by atoms with Crippen LogP contribution in [0.25, 0.3) is 0 Å². The van der Waals surface area contributed by atoms with Crippen molar-refractivity contribution in [3.05, 3.63) is 24.0 Å². The van der Waals surface area contributed by atoms with Gasteiger partial charge in [-0.3, -0.25) is 9.78 Å². The molecule has 86 valence electrons. The van der Waals surface area contributed by atoms with E-state index in [1.54, 1.807) is 17.9 Å². The molecule has 1 atom stereocenters. The maximum absolute atomic E-state index is 12.1. The van der Waals surface area contributed by atoms with Crippen LogP contribution in [0.15, 0.2) is 18.5 Å². The summed E-state index contributed by atoms with van der Waals surface area (Å²) in [6.07, 6.45) is 3.60. The van der Waals surface area contributed by atoms with E-state index in [1.807, 2.05) is 0 Å². The second-order valence-corrected chi connectivity index (χ2v) is 4.44. The number of hydrogen-bond acceptors (Lipinski definition) is 4. The van der Waals surface area contributed by atoms with Gasteiger partial charge in [-0.15, -0.1) is 0 Å². The Kier molecular flexibility index (Phi) is 2.55. The fourth-order valence-corrected chi connectivity index (χ4v) is 1.89. The molecule has 1 aliphatic rings. The highest BCUT2D eigenvalue weighted by Gasteiger charge is 2.34. The minimum atomic E-state index is -0.780. The lowest BCUT2D eigenvalue weighted by molar-refractivity contribution is 0.0572. The first-order valence-corrected chi connectivity index (χ1v) is 5.21. The fourth-order valence-electron chi connectivity index (χ4n) is 1.89. The van der Waals surface area contributed by atoms with Crippen LogP contribution in [-0.2, 0) is 0 Å².